The van der Waals surface area contributed by atoms with Crippen molar-refractivity contribution in [2.75, 3.05) is 18.4 Å². The van der Waals surface area contributed by atoms with E-state index >= 15 is 0 Å². The molecule has 2 heterocycles. The highest BCUT2D eigenvalue weighted by atomic mass is 19.3. The molecule has 31 heavy (non-hydrogen) atoms. The lowest BCUT2D eigenvalue weighted by molar-refractivity contribution is -0.125. The number of para-hydroxylation sites is 2. The first-order valence-corrected chi connectivity index (χ1v) is 9.69. The molecule has 0 bridgehead atoms. The molecule has 2 aromatic carbocycles. The summed E-state index contributed by atoms with van der Waals surface area (Å²) in [7, 11) is 0. The zero-order chi connectivity index (χ0) is 22.2. The lowest BCUT2D eigenvalue weighted by Gasteiger charge is -2.24. The first kappa shape index (κ1) is 20.5. The minimum absolute atomic E-state index is 0.0315. The fourth-order valence-corrected chi connectivity index (χ4v) is 4.36. The molecule has 1 N–H and O–H groups in total. The number of hydrogen-bond donors (Lipinski definition) is 1. The van der Waals surface area contributed by atoms with Crippen LogP contribution in [0.5, 0.6) is 5.75 Å². The summed E-state index contributed by atoms with van der Waals surface area (Å²) in [6.07, 6.45) is 1.32. The molecule has 2 amide bonds. The summed E-state index contributed by atoms with van der Waals surface area (Å²) < 4.78 is 29.9. The van der Waals surface area contributed by atoms with Crippen molar-refractivity contribution >= 4 is 23.1 Å². The van der Waals surface area contributed by atoms with Gasteiger partial charge in [0.25, 0.3) is 0 Å². The Balaban J connectivity index is 1.63. The monoisotopic (exact) mass is 423 g/mol. The highest BCUT2D eigenvalue weighted by Crippen LogP contribution is 2.47. The van der Waals surface area contributed by atoms with Crippen molar-refractivity contribution < 1.29 is 23.1 Å². The maximum atomic E-state index is 13.0. The van der Waals surface area contributed by atoms with Crippen LogP contribution in [0.15, 0.2) is 54.6 Å². The van der Waals surface area contributed by atoms with Crippen molar-refractivity contribution in [2.45, 2.75) is 19.0 Å². The van der Waals surface area contributed by atoms with Gasteiger partial charge in [-0.2, -0.15) is 14.0 Å². The molecular weight excluding hydrogens is 404 g/mol. The van der Waals surface area contributed by atoms with Gasteiger partial charge in [0.1, 0.15) is 11.2 Å². The van der Waals surface area contributed by atoms with Crippen LogP contribution in [0.25, 0.3) is 5.57 Å². The number of halogens is 2. The van der Waals surface area contributed by atoms with Crippen molar-refractivity contribution in [3.8, 4) is 11.8 Å². The molecule has 2 aliphatic rings. The van der Waals surface area contributed by atoms with Gasteiger partial charge in [-0.05, 0) is 30.2 Å². The number of allylic oxidation sites excluding steroid dienone is 1. The number of likely N-dealkylation sites (tertiary alicyclic amines) is 1. The molecule has 6 nitrogen and oxygen atoms in total. The van der Waals surface area contributed by atoms with Crippen molar-refractivity contribution in [3.05, 3.63) is 65.7 Å². The lowest BCUT2D eigenvalue weighted by atomic mass is 9.74. The minimum atomic E-state index is -2.99. The van der Waals surface area contributed by atoms with Gasteiger partial charge in [0.2, 0.25) is 11.8 Å². The summed E-state index contributed by atoms with van der Waals surface area (Å²) in [6.45, 7) is -1.21. The smallest absolute Gasteiger partial charge is 0.387 e. The largest absolute Gasteiger partial charge is 0.434 e. The molecule has 0 aliphatic carbocycles. The van der Waals surface area contributed by atoms with Gasteiger partial charge in [-0.1, -0.05) is 36.4 Å². The maximum Gasteiger partial charge on any atom is 0.387 e. The van der Waals surface area contributed by atoms with E-state index in [2.05, 4.69) is 16.1 Å². The average Bonchev–Trinajstić information content (AvgIpc) is 3.27. The van der Waals surface area contributed by atoms with E-state index in [0.717, 1.165) is 0 Å². The van der Waals surface area contributed by atoms with Gasteiger partial charge >= 0.3 is 6.61 Å². The number of benzene rings is 2. The quantitative estimate of drug-likeness (QED) is 0.763. The van der Waals surface area contributed by atoms with Crippen LogP contribution in [0.2, 0.25) is 0 Å². The third kappa shape index (κ3) is 3.42. The van der Waals surface area contributed by atoms with E-state index in [-0.39, 0.29) is 24.7 Å². The van der Waals surface area contributed by atoms with Gasteiger partial charge in [-0.15, -0.1) is 0 Å². The van der Waals surface area contributed by atoms with E-state index < -0.39 is 23.9 Å². The van der Waals surface area contributed by atoms with Gasteiger partial charge in [-0.25, -0.2) is 0 Å². The molecule has 0 radical (unpaired) electrons. The van der Waals surface area contributed by atoms with Crippen LogP contribution in [0.4, 0.5) is 14.5 Å². The van der Waals surface area contributed by atoms with E-state index in [1.165, 1.54) is 17.0 Å². The van der Waals surface area contributed by atoms with Crippen LogP contribution in [-0.2, 0) is 15.0 Å². The number of rotatable bonds is 4. The highest BCUT2D eigenvalue weighted by molar-refractivity contribution is 6.08. The second kappa shape index (κ2) is 7.84. The van der Waals surface area contributed by atoms with E-state index in [1.807, 2.05) is 0 Å². The SMILES string of the molecule is C/C(=C/C(=O)N1CC(C#N)C2(C1)C(=O)Nc1ccccc12)c1ccccc1OC(F)F. The van der Waals surface area contributed by atoms with Crippen LogP contribution >= 0.6 is 0 Å². The molecule has 2 atom stereocenters. The highest BCUT2D eigenvalue weighted by Gasteiger charge is 2.58. The Bertz CT molecular complexity index is 1130. The van der Waals surface area contributed by atoms with Crippen molar-refractivity contribution in [1.82, 2.24) is 4.90 Å². The van der Waals surface area contributed by atoms with Crippen LogP contribution < -0.4 is 10.1 Å². The molecule has 158 valence electrons. The summed E-state index contributed by atoms with van der Waals surface area (Å²) in [5.41, 5.74) is 1.03. The molecule has 2 unspecified atom stereocenters. The normalized spacial score (nSPS) is 22.4. The summed E-state index contributed by atoms with van der Waals surface area (Å²) in [4.78, 5) is 27.3. The summed E-state index contributed by atoms with van der Waals surface area (Å²) in [5, 5.41) is 12.6. The summed E-state index contributed by atoms with van der Waals surface area (Å²) in [6, 6.07) is 15.6. The number of fused-ring (bicyclic) bond motifs is 2. The molecule has 1 spiro atoms. The van der Waals surface area contributed by atoms with E-state index in [4.69, 9.17) is 0 Å². The van der Waals surface area contributed by atoms with E-state index in [1.54, 1.807) is 49.4 Å². The first-order valence-electron chi connectivity index (χ1n) is 9.69. The third-order valence-electron chi connectivity index (χ3n) is 5.83. The van der Waals surface area contributed by atoms with Crippen LogP contribution in [0.3, 0.4) is 0 Å². The molecule has 8 heteroatoms. The molecule has 1 fully saturated rings. The number of amides is 2. The summed E-state index contributed by atoms with van der Waals surface area (Å²) >= 11 is 0. The molecule has 1 saturated heterocycles. The van der Waals surface area contributed by atoms with Crippen molar-refractivity contribution in [3.63, 3.8) is 0 Å². The zero-order valence-corrected chi connectivity index (χ0v) is 16.6. The molecule has 4 rings (SSSR count). The third-order valence-corrected chi connectivity index (χ3v) is 5.83. The predicted molar refractivity (Wildman–Crippen MR) is 109 cm³/mol. The fraction of sp³-hybridized carbons (Fsp3) is 0.261. The number of ether oxygens (including phenoxy) is 1. The molecular formula is C23H19F2N3O3. The average molecular weight is 423 g/mol. The standard InChI is InChI=1S/C23H19F2N3O3/c1-14(16-6-2-5-9-19(16)31-22(24)25)10-20(29)28-12-15(11-26)23(13-28)17-7-3-4-8-18(17)27-21(23)30/h2-10,15,22H,12-13H2,1H3,(H,27,30)/b14-10-. The molecule has 2 aromatic rings. The number of anilines is 1. The number of hydrogen-bond acceptors (Lipinski definition) is 4. The number of nitriles is 1. The number of nitrogens with one attached hydrogen (secondary N) is 1. The van der Waals surface area contributed by atoms with Crippen LogP contribution in [-0.4, -0.2) is 36.4 Å². The fourth-order valence-electron chi connectivity index (χ4n) is 4.36. The molecule has 2 aliphatic heterocycles. The van der Waals surface area contributed by atoms with Gasteiger partial charge in [0.15, 0.2) is 0 Å². The zero-order valence-electron chi connectivity index (χ0n) is 16.6. The lowest BCUT2D eigenvalue weighted by Crippen LogP contribution is -2.42. The number of alkyl halides is 2. The van der Waals surface area contributed by atoms with Crippen LogP contribution in [0, 0.1) is 17.2 Å². The number of carbonyl (C=O) groups is 2. The Labute approximate surface area is 177 Å². The van der Waals surface area contributed by atoms with Crippen molar-refractivity contribution in [2.24, 2.45) is 5.92 Å². The Morgan fingerprint density at radius 1 is 1.29 bits per heavy atom. The molecule has 0 aromatic heterocycles. The van der Waals surface area contributed by atoms with E-state index in [0.29, 0.717) is 22.4 Å². The van der Waals surface area contributed by atoms with Gasteiger partial charge < -0.3 is 15.0 Å². The minimum Gasteiger partial charge on any atom is -0.434 e. The van der Waals surface area contributed by atoms with Gasteiger partial charge in [0, 0.05) is 30.4 Å². The Kier molecular flexibility index (Phi) is 5.19. The van der Waals surface area contributed by atoms with Gasteiger partial charge in [0.05, 0.1) is 12.0 Å². The van der Waals surface area contributed by atoms with Crippen LogP contribution in [0.1, 0.15) is 18.1 Å². The number of carbonyl (C=O) groups excluding carboxylic acids is 2. The maximum absolute atomic E-state index is 13.0. The number of nitrogens with zero attached hydrogens (tertiary/aromatic N) is 2. The summed E-state index contributed by atoms with van der Waals surface area (Å²) in [5.74, 6) is -1.44. The van der Waals surface area contributed by atoms with E-state index in [9.17, 15) is 23.6 Å². The Hall–Kier alpha value is -3.73. The topological polar surface area (TPSA) is 82.4 Å². The predicted octanol–water partition coefficient (Wildman–Crippen LogP) is 3.56. The van der Waals surface area contributed by atoms with Gasteiger partial charge in [-0.3, -0.25) is 9.59 Å². The molecule has 0 saturated carbocycles. The first-order chi connectivity index (χ1) is 14.9. The Morgan fingerprint density at radius 2 is 2.00 bits per heavy atom. The Morgan fingerprint density at radius 3 is 2.74 bits per heavy atom. The second-order valence-corrected chi connectivity index (χ2v) is 7.57. The van der Waals surface area contributed by atoms with Crippen molar-refractivity contribution in [1.29, 1.82) is 5.26 Å². The second-order valence-electron chi connectivity index (χ2n) is 7.57.